The van der Waals surface area contributed by atoms with E-state index < -0.39 is 22.8 Å². The van der Waals surface area contributed by atoms with Crippen molar-refractivity contribution in [2.75, 3.05) is 18.6 Å². The summed E-state index contributed by atoms with van der Waals surface area (Å²) in [5, 5.41) is 8.94. The van der Waals surface area contributed by atoms with Gasteiger partial charge < -0.3 is 10.0 Å². The maximum Gasteiger partial charge on any atom is 0.326 e. The van der Waals surface area contributed by atoms with E-state index in [1.165, 1.54) is 4.90 Å². The minimum Gasteiger partial charge on any atom is -0.480 e. The second-order valence-corrected chi connectivity index (χ2v) is 5.65. The van der Waals surface area contributed by atoms with Crippen molar-refractivity contribution in [2.45, 2.75) is 25.8 Å². The first kappa shape index (κ1) is 13.2. The minimum atomic E-state index is -1.03. The van der Waals surface area contributed by atoms with Gasteiger partial charge in [0.2, 0.25) is 5.91 Å². The number of amides is 1. The summed E-state index contributed by atoms with van der Waals surface area (Å²) < 4.78 is 11.0. The normalized spacial score (nSPS) is 24.1. The third-order valence-electron chi connectivity index (χ3n) is 2.73. The first-order valence-corrected chi connectivity index (χ1v) is 6.99. The Balaban J connectivity index is 2.65. The van der Waals surface area contributed by atoms with E-state index in [4.69, 9.17) is 5.11 Å². The molecule has 0 aliphatic carbocycles. The van der Waals surface area contributed by atoms with Crippen molar-refractivity contribution in [3.8, 4) is 0 Å². The predicted octanol–water partition coefficient (Wildman–Crippen LogP) is 0.0766. The van der Waals surface area contributed by atoms with Gasteiger partial charge in [-0.15, -0.1) is 0 Å². The van der Waals surface area contributed by atoms with Gasteiger partial charge in [-0.05, 0) is 12.8 Å². The van der Waals surface area contributed by atoms with Crippen LogP contribution in [-0.2, 0) is 20.4 Å². The van der Waals surface area contributed by atoms with E-state index in [0.29, 0.717) is 18.7 Å². The lowest BCUT2D eigenvalue weighted by atomic mass is 10.1. The van der Waals surface area contributed by atoms with Gasteiger partial charge >= 0.3 is 5.97 Å². The van der Waals surface area contributed by atoms with E-state index in [1.54, 1.807) is 13.2 Å². The minimum absolute atomic E-state index is 0.194. The summed E-state index contributed by atoms with van der Waals surface area (Å²) >= 11 is 0. The van der Waals surface area contributed by atoms with Gasteiger partial charge in [0.25, 0.3) is 0 Å². The van der Waals surface area contributed by atoms with Crippen LogP contribution < -0.4 is 0 Å². The Morgan fingerprint density at radius 1 is 1.56 bits per heavy atom. The molecule has 16 heavy (non-hydrogen) atoms. The average molecular weight is 247 g/mol. The number of carbonyl (C=O) groups excluding carboxylic acids is 1. The Kier molecular flexibility index (Phi) is 4.46. The summed E-state index contributed by atoms with van der Waals surface area (Å²) in [4.78, 5) is 24.2. The summed E-state index contributed by atoms with van der Waals surface area (Å²) in [6, 6.07) is -0.694. The van der Waals surface area contributed by atoms with Gasteiger partial charge in [0.1, 0.15) is 6.04 Å². The largest absolute Gasteiger partial charge is 0.480 e. The first-order valence-electron chi connectivity index (χ1n) is 5.26. The molecule has 1 unspecified atom stereocenters. The van der Waals surface area contributed by atoms with E-state index in [2.05, 4.69) is 0 Å². The molecule has 1 aliphatic rings. The van der Waals surface area contributed by atoms with Crippen LogP contribution in [0.15, 0.2) is 0 Å². The maximum atomic E-state index is 11.9. The Hall–Kier alpha value is -0.910. The van der Waals surface area contributed by atoms with Crippen molar-refractivity contribution in [1.82, 2.24) is 4.90 Å². The smallest absolute Gasteiger partial charge is 0.326 e. The molecular formula is C10H17NO4S. The molecule has 1 fully saturated rings. The van der Waals surface area contributed by atoms with Crippen LogP contribution in [0.1, 0.15) is 19.8 Å². The molecule has 0 aromatic rings. The van der Waals surface area contributed by atoms with E-state index >= 15 is 0 Å². The fraction of sp³-hybridized carbons (Fsp3) is 0.800. The molecule has 0 radical (unpaired) electrons. The standard InChI is InChI=1S/C10H17NO4S/c1-7(6-16(2)15)9(12)11-5-3-4-8(11)10(13)14/h7-8H,3-6H2,1-2H3,(H,13,14)/t7-,8+,16?/m1/s1. The summed E-state index contributed by atoms with van der Waals surface area (Å²) in [6.45, 7) is 2.19. The zero-order valence-corrected chi connectivity index (χ0v) is 10.3. The molecule has 1 N–H and O–H groups in total. The molecule has 0 spiro atoms. The second kappa shape index (κ2) is 5.43. The van der Waals surface area contributed by atoms with Crippen molar-refractivity contribution in [2.24, 2.45) is 5.92 Å². The molecule has 6 heteroatoms. The molecule has 0 saturated carbocycles. The number of rotatable bonds is 4. The van der Waals surface area contributed by atoms with Crippen molar-refractivity contribution in [3.63, 3.8) is 0 Å². The molecule has 1 rings (SSSR count). The van der Waals surface area contributed by atoms with Crippen molar-refractivity contribution < 1.29 is 18.9 Å². The van der Waals surface area contributed by atoms with Gasteiger partial charge in [-0.25, -0.2) is 4.79 Å². The Bertz CT molecular complexity index is 318. The van der Waals surface area contributed by atoms with Crippen LogP contribution in [0.3, 0.4) is 0 Å². The monoisotopic (exact) mass is 247 g/mol. The SMILES string of the molecule is C[C@H](CS(C)=O)C(=O)N1CCC[C@H]1C(=O)O. The van der Waals surface area contributed by atoms with Gasteiger partial charge in [0, 0.05) is 35.3 Å². The van der Waals surface area contributed by atoms with Gasteiger partial charge in [0.15, 0.2) is 0 Å². The summed E-state index contributed by atoms with van der Waals surface area (Å²) in [7, 11) is -1.03. The quantitative estimate of drug-likeness (QED) is 0.763. The average Bonchev–Trinajstić information content (AvgIpc) is 2.63. The molecular weight excluding hydrogens is 230 g/mol. The highest BCUT2D eigenvalue weighted by molar-refractivity contribution is 7.84. The lowest BCUT2D eigenvalue weighted by Crippen LogP contribution is -2.43. The van der Waals surface area contributed by atoms with Crippen molar-refractivity contribution in [3.05, 3.63) is 0 Å². The van der Waals surface area contributed by atoms with Gasteiger partial charge in [-0.1, -0.05) is 6.92 Å². The van der Waals surface area contributed by atoms with E-state index in [9.17, 15) is 13.8 Å². The number of carboxylic acid groups (broad SMARTS) is 1. The molecule has 0 bridgehead atoms. The molecule has 1 heterocycles. The summed E-state index contributed by atoms with van der Waals surface area (Å²) in [5.74, 6) is -1.22. The molecule has 1 amide bonds. The zero-order chi connectivity index (χ0) is 12.3. The van der Waals surface area contributed by atoms with Crippen molar-refractivity contribution >= 4 is 22.7 Å². The number of aliphatic carboxylic acids is 1. The number of likely N-dealkylation sites (tertiary alicyclic amines) is 1. The number of carbonyl (C=O) groups is 2. The zero-order valence-electron chi connectivity index (χ0n) is 9.51. The third kappa shape index (κ3) is 3.04. The molecule has 5 nitrogen and oxygen atoms in total. The molecule has 3 atom stereocenters. The fourth-order valence-electron chi connectivity index (χ4n) is 1.99. The number of hydrogen-bond donors (Lipinski definition) is 1. The molecule has 92 valence electrons. The van der Waals surface area contributed by atoms with Crippen LogP contribution in [-0.4, -0.2) is 50.7 Å². The van der Waals surface area contributed by atoms with Crippen LogP contribution in [0.2, 0.25) is 0 Å². The lowest BCUT2D eigenvalue weighted by molar-refractivity contribution is -0.149. The summed E-state index contributed by atoms with van der Waals surface area (Å²) in [6.07, 6.45) is 2.79. The van der Waals surface area contributed by atoms with E-state index in [0.717, 1.165) is 6.42 Å². The highest BCUT2D eigenvalue weighted by Gasteiger charge is 2.35. The third-order valence-corrected chi connectivity index (χ3v) is 3.70. The van der Waals surface area contributed by atoms with Gasteiger partial charge in [0.05, 0.1) is 0 Å². The number of hydrogen-bond acceptors (Lipinski definition) is 3. The van der Waals surface area contributed by atoms with Crippen LogP contribution in [0, 0.1) is 5.92 Å². The highest BCUT2D eigenvalue weighted by atomic mass is 32.2. The van der Waals surface area contributed by atoms with E-state index in [-0.39, 0.29) is 11.8 Å². The first-order chi connectivity index (χ1) is 7.43. The Labute approximate surface area is 97.3 Å². The number of carboxylic acids is 1. The second-order valence-electron chi connectivity index (χ2n) is 4.17. The molecule has 1 saturated heterocycles. The van der Waals surface area contributed by atoms with Gasteiger partial charge in [-0.3, -0.25) is 9.00 Å². The molecule has 0 aromatic carbocycles. The van der Waals surface area contributed by atoms with Crippen LogP contribution in [0.25, 0.3) is 0 Å². The van der Waals surface area contributed by atoms with Crippen LogP contribution >= 0.6 is 0 Å². The predicted molar refractivity (Wildman–Crippen MR) is 60.5 cm³/mol. The highest BCUT2D eigenvalue weighted by Crippen LogP contribution is 2.20. The van der Waals surface area contributed by atoms with Crippen molar-refractivity contribution in [1.29, 1.82) is 0 Å². The van der Waals surface area contributed by atoms with E-state index in [1.807, 2.05) is 0 Å². The Morgan fingerprint density at radius 2 is 2.19 bits per heavy atom. The number of nitrogens with zero attached hydrogens (tertiary/aromatic N) is 1. The lowest BCUT2D eigenvalue weighted by Gasteiger charge is -2.24. The molecule has 1 aliphatic heterocycles. The van der Waals surface area contributed by atoms with Crippen LogP contribution in [0.4, 0.5) is 0 Å². The topological polar surface area (TPSA) is 74.7 Å². The van der Waals surface area contributed by atoms with Crippen LogP contribution in [0.5, 0.6) is 0 Å². The Morgan fingerprint density at radius 3 is 2.69 bits per heavy atom. The summed E-state index contributed by atoms with van der Waals surface area (Å²) in [5.41, 5.74) is 0. The maximum absolute atomic E-state index is 11.9. The molecule has 0 aromatic heterocycles. The fourth-order valence-corrected chi connectivity index (χ4v) is 2.84. The van der Waals surface area contributed by atoms with Gasteiger partial charge in [-0.2, -0.15) is 0 Å².